The van der Waals surface area contributed by atoms with Gasteiger partial charge in [0.1, 0.15) is 0 Å². The minimum atomic E-state index is 0.976. The second-order valence-electron chi connectivity index (χ2n) is 4.10. The molecule has 0 unspecified atom stereocenters. The van der Waals surface area contributed by atoms with Gasteiger partial charge in [-0.05, 0) is 44.9 Å². The van der Waals surface area contributed by atoms with E-state index in [1.165, 1.54) is 16.0 Å². The first-order chi connectivity index (χ1) is 7.56. The Hall–Kier alpha value is -1.35. The molecule has 1 aromatic carbocycles. The molecule has 0 aliphatic rings. The first kappa shape index (κ1) is 11.1. The van der Waals surface area contributed by atoms with Gasteiger partial charge in [0.25, 0.3) is 0 Å². The zero-order valence-corrected chi connectivity index (χ0v) is 10.9. The summed E-state index contributed by atoms with van der Waals surface area (Å²) in [7, 11) is 0. The summed E-state index contributed by atoms with van der Waals surface area (Å²) in [5, 5.41) is 4.36. The van der Waals surface area contributed by atoms with Gasteiger partial charge >= 0.3 is 0 Å². The summed E-state index contributed by atoms with van der Waals surface area (Å²) in [5.74, 6) is 0. The van der Waals surface area contributed by atoms with Gasteiger partial charge in [-0.1, -0.05) is 12.1 Å². The highest BCUT2D eigenvalue weighted by molar-refractivity contribution is 7.15. The number of benzene rings is 1. The molecule has 0 bridgehead atoms. The van der Waals surface area contributed by atoms with Gasteiger partial charge in [0.2, 0.25) is 0 Å². The molecular formula is C13H16N2S. The average Bonchev–Trinajstić information content (AvgIpc) is 2.52. The smallest absolute Gasteiger partial charge is 0.187 e. The number of rotatable bonds is 2. The Morgan fingerprint density at radius 3 is 2.50 bits per heavy atom. The molecule has 1 aromatic heterocycles. The molecule has 2 aromatic rings. The van der Waals surface area contributed by atoms with Crippen molar-refractivity contribution in [1.82, 2.24) is 4.98 Å². The SMILES string of the molecule is Cc1ccc(C)c(Nc2nc(C)c(C)s2)c1. The van der Waals surface area contributed by atoms with E-state index in [0.717, 1.165) is 16.5 Å². The number of nitrogens with one attached hydrogen (secondary N) is 1. The second kappa shape index (κ2) is 4.26. The first-order valence-electron chi connectivity index (χ1n) is 5.34. The van der Waals surface area contributed by atoms with Crippen molar-refractivity contribution in [2.45, 2.75) is 27.7 Å². The van der Waals surface area contributed by atoms with Crippen molar-refractivity contribution in [3.05, 3.63) is 39.9 Å². The van der Waals surface area contributed by atoms with E-state index >= 15 is 0 Å². The Balaban J connectivity index is 2.29. The molecule has 0 radical (unpaired) electrons. The van der Waals surface area contributed by atoms with Crippen LogP contribution >= 0.6 is 11.3 Å². The number of hydrogen-bond acceptors (Lipinski definition) is 3. The van der Waals surface area contributed by atoms with E-state index in [1.54, 1.807) is 11.3 Å². The summed E-state index contributed by atoms with van der Waals surface area (Å²) >= 11 is 1.70. The van der Waals surface area contributed by atoms with Crippen LogP contribution in [-0.2, 0) is 0 Å². The summed E-state index contributed by atoms with van der Waals surface area (Å²) in [5.41, 5.74) is 4.76. The molecule has 16 heavy (non-hydrogen) atoms. The van der Waals surface area contributed by atoms with Gasteiger partial charge in [-0.25, -0.2) is 4.98 Å². The number of aryl methyl sites for hydroxylation is 4. The zero-order valence-electron chi connectivity index (χ0n) is 10.1. The normalized spacial score (nSPS) is 10.5. The van der Waals surface area contributed by atoms with Crippen molar-refractivity contribution in [2.75, 3.05) is 5.32 Å². The fraction of sp³-hybridized carbons (Fsp3) is 0.308. The highest BCUT2D eigenvalue weighted by atomic mass is 32.1. The van der Waals surface area contributed by atoms with E-state index in [9.17, 15) is 0 Å². The lowest BCUT2D eigenvalue weighted by Crippen LogP contribution is -1.93. The molecule has 0 aliphatic heterocycles. The summed E-state index contributed by atoms with van der Waals surface area (Å²) in [4.78, 5) is 5.75. The molecule has 0 saturated heterocycles. The topological polar surface area (TPSA) is 24.9 Å². The average molecular weight is 232 g/mol. The summed E-state index contributed by atoms with van der Waals surface area (Å²) < 4.78 is 0. The van der Waals surface area contributed by atoms with Gasteiger partial charge in [0.15, 0.2) is 5.13 Å². The minimum absolute atomic E-state index is 0.976. The lowest BCUT2D eigenvalue weighted by atomic mass is 10.1. The van der Waals surface area contributed by atoms with Crippen LogP contribution < -0.4 is 5.32 Å². The third-order valence-electron chi connectivity index (χ3n) is 2.66. The van der Waals surface area contributed by atoms with Gasteiger partial charge in [0, 0.05) is 10.6 Å². The summed E-state index contributed by atoms with van der Waals surface area (Å²) in [6.45, 7) is 8.35. The van der Waals surface area contributed by atoms with E-state index in [-0.39, 0.29) is 0 Å². The highest BCUT2D eigenvalue weighted by Crippen LogP contribution is 2.26. The first-order valence-corrected chi connectivity index (χ1v) is 6.16. The van der Waals surface area contributed by atoms with Crippen LogP contribution in [0.5, 0.6) is 0 Å². The van der Waals surface area contributed by atoms with E-state index in [2.05, 4.69) is 49.3 Å². The van der Waals surface area contributed by atoms with Crippen molar-refractivity contribution in [3.63, 3.8) is 0 Å². The number of thiazole rings is 1. The molecule has 1 heterocycles. The Morgan fingerprint density at radius 1 is 1.12 bits per heavy atom. The van der Waals surface area contributed by atoms with Gasteiger partial charge in [-0.3, -0.25) is 0 Å². The molecule has 1 N–H and O–H groups in total. The second-order valence-corrected chi connectivity index (χ2v) is 5.31. The van der Waals surface area contributed by atoms with Crippen LogP contribution in [0.3, 0.4) is 0 Å². The Kier molecular flexibility index (Phi) is 2.97. The fourth-order valence-corrected chi connectivity index (χ4v) is 2.34. The van der Waals surface area contributed by atoms with Gasteiger partial charge < -0.3 is 5.32 Å². The summed E-state index contributed by atoms with van der Waals surface area (Å²) in [6.07, 6.45) is 0. The third kappa shape index (κ3) is 2.25. The van der Waals surface area contributed by atoms with Gasteiger partial charge in [-0.2, -0.15) is 0 Å². The predicted octanol–water partition coefficient (Wildman–Crippen LogP) is 4.12. The molecular weight excluding hydrogens is 216 g/mol. The van der Waals surface area contributed by atoms with Crippen molar-refractivity contribution in [2.24, 2.45) is 0 Å². The van der Waals surface area contributed by atoms with Crippen LogP contribution in [0.25, 0.3) is 0 Å². The minimum Gasteiger partial charge on any atom is -0.331 e. The zero-order chi connectivity index (χ0) is 11.7. The van der Waals surface area contributed by atoms with E-state index in [0.29, 0.717) is 0 Å². The quantitative estimate of drug-likeness (QED) is 0.842. The summed E-state index contributed by atoms with van der Waals surface area (Å²) in [6, 6.07) is 6.41. The highest BCUT2D eigenvalue weighted by Gasteiger charge is 2.05. The molecule has 84 valence electrons. The van der Waals surface area contributed by atoms with Gasteiger partial charge in [0.05, 0.1) is 5.69 Å². The Bertz CT molecular complexity index is 495. The van der Waals surface area contributed by atoms with Crippen molar-refractivity contribution in [3.8, 4) is 0 Å². The largest absolute Gasteiger partial charge is 0.331 e. The number of aromatic nitrogens is 1. The molecule has 2 nitrogen and oxygen atoms in total. The van der Waals surface area contributed by atoms with Crippen LogP contribution in [-0.4, -0.2) is 4.98 Å². The standard InChI is InChI=1S/C13H16N2S/c1-8-5-6-9(2)12(7-8)15-13-14-10(3)11(4)16-13/h5-7H,1-4H3,(H,14,15). The number of hydrogen-bond donors (Lipinski definition) is 1. The van der Waals surface area contributed by atoms with Crippen molar-refractivity contribution in [1.29, 1.82) is 0 Å². The predicted molar refractivity (Wildman–Crippen MR) is 70.8 cm³/mol. The third-order valence-corrected chi connectivity index (χ3v) is 3.65. The molecule has 0 aliphatic carbocycles. The maximum atomic E-state index is 4.48. The Morgan fingerprint density at radius 2 is 1.88 bits per heavy atom. The lowest BCUT2D eigenvalue weighted by molar-refractivity contribution is 1.22. The molecule has 3 heteroatoms. The number of anilines is 2. The fourth-order valence-electron chi connectivity index (χ4n) is 1.51. The molecule has 2 rings (SSSR count). The van der Waals surface area contributed by atoms with Crippen molar-refractivity contribution >= 4 is 22.2 Å². The molecule has 0 fully saturated rings. The van der Waals surface area contributed by atoms with E-state index in [1.807, 2.05) is 6.92 Å². The Labute approximate surface area is 100 Å². The maximum Gasteiger partial charge on any atom is 0.187 e. The molecule has 0 spiro atoms. The van der Waals surface area contributed by atoms with Crippen LogP contribution in [0.15, 0.2) is 18.2 Å². The molecule has 0 saturated carbocycles. The van der Waals surface area contributed by atoms with E-state index < -0.39 is 0 Å². The van der Waals surface area contributed by atoms with Crippen LogP contribution in [0.1, 0.15) is 21.7 Å². The van der Waals surface area contributed by atoms with Crippen LogP contribution in [0.4, 0.5) is 10.8 Å². The maximum absolute atomic E-state index is 4.48. The molecule has 0 atom stereocenters. The van der Waals surface area contributed by atoms with Crippen LogP contribution in [0, 0.1) is 27.7 Å². The monoisotopic (exact) mass is 232 g/mol. The lowest BCUT2D eigenvalue weighted by Gasteiger charge is -2.07. The van der Waals surface area contributed by atoms with E-state index in [4.69, 9.17) is 0 Å². The van der Waals surface area contributed by atoms with Crippen molar-refractivity contribution < 1.29 is 0 Å². The van der Waals surface area contributed by atoms with Gasteiger partial charge in [-0.15, -0.1) is 11.3 Å². The molecule has 0 amide bonds. The number of nitrogens with zero attached hydrogens (tertiary/aromatic N) is 1. The van der Waals surface area contributed by atoms with Crippen LogP contribution in [0.2, 0.25) is 0 Å².